The lowest BCUT2D eigenvalue weighted by atomic mass is 9.94. The Morgan fingerprint density at radius 3 is 2.88 bits per heavy atom. The first-order chi connectivity index (χ1) is 8.03. The van der Waals surface area contributed by atoms with Crippen LogP contribution in [0.1, 0.15) is 26.7 Å². The second-order valence-corrected chi connectivity index (χ2v) is 5.92. The minimum absolute atomic E-state index is 0.143. The average molecular weight is 254 g/mol. The van der Waals surface area contributed by atoms with Crippen LogP contribution in [0.3, 0.4) is 0 Å². The number of anilines is 1. The highest BCUT2D eigenvalue weighted by Crippen LogP contribution is 2.38. The third-order valence-electron chi connectivity index (χ3n) is 3.62. The molecule has 17 heavy (non-hydrogen) atoms. The molecule has 1 heterocycles. The maximum absolute atomic E-state index is 9.06. The van der Waals surface area contributed by atoms with Gasteiger partial charge in [0.15, 0.2) is 0 Å². The zero-order chi connectivity index (χ0) is 12.5. The third-order valence-corrected chi connectivity index (χ3v) is 3.85. The molecule has 0 bridgehead atoms. The highest BCUT2D eigenvalue weighted by molar-refractivity contribution is 6.30. The molecular formula is C14H20ClNO. The molecule has 1 saturated heterocycles. The van der Waals surface area contributed by atoms with E-state index in [1.807, 2.05) is 18.2 Å². The summed E-state index contributed by atoms with van der Waals surface area (Å²) in [6, 6.07) is 8.02. The molecule has 94 valence electrons. The van der Waals surface area contributed by atoms with Gasteiger partial charge in [-0.05, 0) is 50.8 Å². The number of aliphatic hydroxyl groups is 1. The quantitative estimate of drug-likeness (QED) is 0.893. The van der Waals surface area contributed by atoms with Gasteiger partial charge in [0, 0.05) is 29.4 Å². The fourth-order valence-electron chi connectivity index (χ4n) is 2.86. The number of rotatable bonds is 3. The highest BCUT2D eigenvalue weighted by atomic mass is 35.5. The zero-order valence-corrected chi connectivity index (χ0v) is 11.2. The number of nitrogens with zero attached hydrogens (tertiary/aromatic N) is 1. The Morgan fingerprint density at radius 2 is 2.24 bits per heavy atom. The van der Waals surface area contributed by atoms with Crippen LogP contribution in [0.2, 0.25) is 5.02 Å². The van der Waals surface area contributed by atoms with Crippen molar-refractivity contribution in [3.8, 4) is 0 Å². The van der Waals surface area contributed by atoms with Crippen molar-refractivity contribution in [3.05, 3.63) is 29.3 Å². The normalized spacial score (nSPS) is 23.1. The van der Waals surface area contributed by atoms with Gasteiger partial charge in [-0.3, -0.25) is 0 Å². The number of benzene rings is 1. The molecule has 1 aliphatic heterocycles. The molecule has 1 unspecified atom stereocenters. The maximum atomic E-state index is 9.06. The predicted molar refractivity (Wildman–Crippen MR) is 72.7 cm³/mol. The van der Waals surface area contributed by atoms with E-state index in [2.05, 4.69) is 24.8 Å². The molecule has 0 spiro atoms. The van der Waals surface area contributed by atoms with Crippen molar-refractivity contribution in [2.75, 3.05) is 18.1 Å². The first-order valence-corrected chi connectivity index (χ1v) is 6.55. The Labute approximate surface area is 108 Å². The molecule has 0 saturated carbocycles. The minimum Gasteiger partial charge on any atom is -0.396 e. The zero-order valence-electron chi connectivity index (χ0n) is 10.5. The molecule has 3 heteroatoms. The molecule has 2 rings (SSSR count). The van der Waals surface area contributed by atoms with Gasteiger partial charge in [-0.1, -0.05) is 17.7 Å². The Kier molecular flexibility index (Phi) is 3.64. The standard InChI is InChI=1S/C14H20ClNO/c1-14(2)9-11(6-7-17)10-16(14)13-5-3-4-12(15)8-13/h3-5,8,11,17H,6-7,9-10H2,1-2H3. The first-order valence-electron chi connectivity index (χ1n) is 6.17. The second kappa shape index (κ2) is 4.87. The smallest absolute Gasteiger partial charge is 0.0434 e. The lowest BCUT2D eigenvalue weighted by molar-refractivity contribution is 0.259. The van der Waals surface area contributed by atoms with Crippen LogP contribution in [-0.2, 0) is 0 Å². The van der Waals surface area contributed by atoms with Crippen molar-refractivity contribution >= 4 is 17.3 Å². The molecule has 0 amide bonds. The summed E-state index contributed by atoms with van der Waals surface area (Å²) in [6.07, 6.45) is 2.01. The van der Waals surface area contributed by atoms with Crippen LogP contribution in [0.15, 0.2) is 24.3 Å². The molecule has 0 aliphatic carbocycles. The lowest BCUT2D eigenvalue weighted by Crippen LogP contribution is -2.38. The molecular weight excluding hydrogens is 234 g/mol. The Balaban J connectivity index is 2.20. The fourth-order valence-corrected chi connectivity index (χ4v) is 3.05. The van der Waals surface area contributed by atoms with Crippen LogP contribution in [0.25, 0.3) is 0 Å². The number of aliphatic hydroxyl groups excluding tert-OH is 1. The van der Waals surface area contributed by atoms with Gasteiger partial charge in [-0.15, -0.1) is 0 Å². The lowest BCUT2D eigenvalue weighted by Gasteiger charge is -2.33. The first kappa shape index (κ1) is 12.7. The number of hydrogen-bond donors (Lipinski definition) is 1. The van der Waals surface area contributed by atoms with Gasteiger partial charge in [0.05, 0.1) is 0 Å². The highest BCUT2D eigenvalue weighted by Gasteiger charge is 2.37. The number of halogens is 1. The molecule has 1 atom stereocenters. The van der Waals surface area contributed by atoms with Crippen molar-refractivity contribution in [1.29, 1.82) is 0 Å². The molecule has 1 aromatic carbocycles. The van der Waals surface area contributed by atoms with Crippen molar-refractivity contribution in [2.24, 2.45) is 5.92 Å². The summed E-state index contributed by atoms with van der Waals surface area (Å²) in [7, 11) is 0. The SMILES string of the molecule is CC1(C)CC(CCO)CN1c1cccc(Cl)c1. The van der Waals surface area contributed by atoms with Crippen LogP contribution in [0, 0.1) is 5.92 Å². The Morgan fingerprint density at radius 1 is 1.47 bits per heavy atom. The summed E-state index contributed by atoms with van der Waals surface area (Å²) in [6.45, 7) is 5.80. The van der Waals surface area contributed by atoms with Gasteiger partial charge < -0.3 is 10.0 Å². The van der Waals surface area contributed by atoms with Gasteiger partial charge in [0.25, 0.3) is 0 Å². The van der Waals surface area contributed by atoms with Gasteiger partial charge in [-0.2, -0.15) is 0 Å². The summed E-state index contributed by atoms with van der Waals surface area (Å²) in [5, 5.41) is 9.84. The van der Waals surface area contributed by atoms with Crippen LogP contribution in [0.4, 0.5) is 5.69 Å². The summed E-state index contributed by atoms with van der Waals surface area (Å²) in [4.78, 5) is 2.40. The van der Waals surface area contributed by atoms with Crippen molar-refractivity contribution < 1.29 is 5.11 Å². The van der Waals surface area contributed by atoms with Gasteiger partial charge in [0.2, 0.25) is 0 Å². The van der Waals surface area contributed by atoms with Crippen LogP contribution >= 0.6 is 11.6 Å². The van der Waals surface area contributed by atoms with E-state index in [9.17, 15) is 0 Å². The van der Waals surface area contributed by atoms with Crippen molar-refractivity contribution in [2.45, 2.75) is 32.2 Å². The molecule has 1 aromatic rings. The Hall–Kier alpha value is -0.730. The van der Waals surface area contributed by atoms with E-state index in [-0.39, 0.29) is 12.1 Å². The summed E-state index contributed by atoms with van der Waals surface area (Å²) in [5.74, 6) is 0.578. The molecule has 2 nitrogen and oxygen atoms in total. The molecule has 0 radical (unpaired) electrons. The van der Waals surface area contributed by atoms with E-state index in [1.165, 1.54) is 5.69 Å². The molecule has 0 aromatic heterocycles. The van der Waals surface area contributed by atoms with Gasteiger partial charge >= 0.3 is 0 Å². The summed E-state index contributed by atoms with van der Waals surface area (Å²) < 4.78 is 0. The van der Waals surface area contributed by atoms with Crippen LogP contribution in [0.5, 0.6) is 0 Å². The van der Waals surface area contributed by atoms with Crippen molar-refractivity contribution in [3.63, 3.8) is 0 Å². The van der Waals surface area contributed by atoms with E-state index in [0.717, 1.165) is 24.4 Å². The van der Waals surface area contributed by atoms with E-state index < -0.39 is 0 Å². The number of hydrogen-bond acceptors (Lipinski definition) is 2. The predicted octanol–water partition coefficient (Wildman–Crippen LogP) is 3.33. The minimum atomic E-state index is 0.143. The molecule has 1 fully saturated rings. The maximum Gasteiger partial charge on any atom is 0.0434 e. The van der Waals surface area contributed by atoms with E-state index in [4.69, 9.17) is 16.7 Å². The third kappa shape index (κ3) is 2.75. The topological polar surface area (TPSA) is 23.5 Å². The second-order valence-electron chi connectivity index (χ2n) is 5.49. The molecule has 1 N–H and O–H groups in total. The van der Waals surface area contributed by atoms with E-state index in [0.29, 0.717) is 5.92 Å². The van der Waals surface area contributed by atoms with E-state index >= 15 is 0 Å². The summed E-state index contributed by atoms with van der Waals surface area (Å²) >= 11 is 6.05. The van der Waals surface area contributed by atoms with Crippen molar-refractivity contribution in [1.82, 2.24) is 0 Å². The summed E-state index contributed by atoms with van der Waals surface area (Å²) in [5.41, 5.74) is 1.33. The van der Waals surface area contributed by atoms with Crippen LogP contribution in [-0.4, -0.2) is 23.8 Å². The largest absolute Gasteiger partial charge is 0.396 e. The van der Waals surface area contributed by atoms with Gasteiger partial charge in [-0.25, -0.2) is 0 Å². The Bertz CT molecular complexity index is 392. The fraction of sp³-hybridized carbons (Fsp3) is 0.571. The average Bonchev–Trinajstić information content (AvgIpc) is 2.54. The van der Waals surface area contributed by atoms with Gasteiger partial charge in [0.1, 0.15) is 0 Å². The molecule has 1 aliphatic rings. The monoisotopic (exact) mass is 253 g/mol. The van der Waals surface area contributed by atoms with E-state index in [1.54, 1.807) is 0 Å². The van der Waals surface area contributed by atoms with Crippen LogP contribution < -0.4 is 4.90 Å².